The van der Waals surface area contributed by atoms with Crippen molar-refractivity contribution >= 4 is 5.91 Å². The second kappa shape index (κ2) is 6.76. The molecule has 132 valence electrons. The predicted octanol–water partition coefficient (Wildman–Crippen LogP) is 1.50. The second-order valence-electron chi connectivity index (χ2n) is 6.42. The SMILES string of the molecule is Cn1ccnc1CN1CCCN(C(=O)c2cccc3c2OCO3)CC1. The molecule has 0 bridgehead atoms. The van der Waals surface area contributed by atoms with Crippen molar-refractivity contribution in [2.75, 3.05) is 33.0 Å². The van der Waals surface area contributed by atoms with Gasteiger partial charge >= 0.3 is 0 Å². The lowest BCUT2D eigenvalue weighted by molar-refractivity contribution is 0.0756. The van der Waals surface area contributed by atoms with E-state index in [0.29, 0.717) is 23.6 Å². The fraction of sp³-hybridized carbons (Fsp3) is 0.444. The van der Waals surface area contributed by atoms with Crippen molar-refractivity contribution < 1.29 is 14.3 Å². The zero-order valence-electron chi connectivity index (χ0n) is 14.4. The topological polar surface area (TPSA) is 59.8 Å². The number of aryl methyl sites for hydroxylation is 1. The van der Waals surface area contributed by atoms with Gasteiger partial charge in [-0.2, -0.15) is 0 Å². The number of hydrogen-bond acceptors (Lipinski definition) is 5. The van der Waals surface area contributed by atoms with Crippen LogP contribution in [-0.2, 0) is 13.6 Å². The molecule has 0 radical (unpaired) electrons. The van der Waals surface area contributed by atoms with Crippen LogP contribution in [0.25, 0.3) is 0 Å². The molecule has 0 unspecified atom stereocenters. The summed E-state index contributed by atoms with van der Waals surface area (Å²) in [5.41, 5.74) is 0.590. The first-order valence-corrected chi connectivity index (χ1v) is 8.59. The Balaban J connectivity index is 1.43. The van der Waals surface area contributed by atoms with Crippen molar-refractivity contribution in [2.45, 2.75) is 13.0 Å². The van der Waals surface area contributed by atoms with Gasteiger partial charge in [0.25, 0.3) is 5.91 Å². The monoisotopic (exact) mass is 342 g/mol. The Morgan fingerprint density at radius 1 is 1.20 bits per heavy atom. The summed E-state index contributed by atoms with van der Waals surface area (Å²) < 4.78 is 12.9. The molecule has 7 heteroatoms. The molecule has 1 aromatic heterocycles. The highest BCUT2D eigenvalue weighted by Crippen LogP contribution is 2.36. The Hall–Kier alpha value is -2.54. The van der Waals surface area contributed by atoms with Gasteiger partial charge in [-0.25, -0.2) is 4.98 Å². The molecule has 0 aliphatic carbocycles. The fourth-order valence-electron chi connectivity index (χ4n) is 3.35. The van der Waals surface area contributed by atoms with Gasteiger partial charge in [-0.3, -0.25) is 9.69 Å². The number of benzene rings is 1. The van der Waals surface area contributed by atoms with Crippen molar-refractivity contribution in [2.24, 2.45) is 7.05 Å². The number of amides is 1. The molecular formula is C18H22N4O3. The van der Waals surface area contributed by atoms with E-state index < -0.39 is 0 Å². The summed E-state index contributed by atoms with van der Waals surface area (Å²) in [7, 11) is 2.01. The molecule has 0 N–H and O–H groups in total. The lowest BCUT2D eigenvalue weighted by Gasteiger charge is -2.22. The van der Waals surface area contributed by atoms with Crippen LogP contribution in [0.4, 0.5) is 0 Å². The van der Waals surface area contributed by atoms with Crippen LogP contribution in [0, 0.1) is 0 Å². The third-order valence-electron chi connectivity index (χ3n) is 4.79. The quantitative estimate of drug-likeness (QED) is 0.846. The zero-order chi connectivity index (χ0) is 17.2. The van der Waals surface area contributed by atoms with Crippen LogP contribution in [0.1, 0.15) is 22.6 Å². The molecule has 2 aliphatic heterocycles. The van der Waals surface area contributed by atoms with Crippen LogP contribution in [0.15, 0.2) is 30.6 Å². The van der Waals surface area contributed by atoms with E-state index in [1.54, 1.807) is 0 Å². The van der Waals surface area contributed by atoms with Crippen LogP contribution in [0.2, 0.25) is 0 Å². The Morgan fingerprint density at radius 3 is 2.96 bits per heavy atom. The van der Waals surface area contributed by atoms with E-state index in [0.717, 1.165) is 38.4 Å². The standard InChI is InChI=1S/C18H22N4O3/c1-20-9-6-19-16(20)12-21-7-3-8-22(11-10-21)18(23)14-4-2-5-15-17(14)25-13-24-15/h2,4-6,9H,3,7-8,10-13H2,1H3. The van der Waals surface area contributed by atoms with Gasteiger partial charge in [0.05, 0.1) is 12.1 Å². The van der Waals surface area contributed by atoms with Gasteiger partial charge in [0, 0.05) is 45.6 Å². The van der Waals surface area contributed by atoms with Gasteiger partial charge in [0.2, 0.25) is 6.79 Å². The molecule has 0 atom stereocenters. The average Bonchev–Trinajstić information content (AvgIpc) is 3.18. The Morgan fingerprint density at radius 2 is 2.12 bits per heavy atom. The fourth-order valence-corrected chi connectivity index (χ4v) is 3.35. The molecule has 0 spiro atoms. The molecule has 4 rings (SSSR count). The minimum absolute atomic E-state index is 0.0150. The van der Waals surface area contributed by atoms with Crippen LogP contribution in [-0.4, -0.2) is 58.2 Å². The van der Waals surface area contributed by atoms with E-state index >= 15 is 0 Å². The van der Waals surface area contributed by atoms with E-state index in [2.05, 4.69) is 9.88 Å². The number of imidazole rings is 1. The summed E-state index contributed by atoms with van der Waals surface area (Å²) in [6.07, 6.45) is 4.73. The van der Waals surface area contributed by atoms with E-state index in [-0.39, 0.29) is 12.7 Å². The summed E-state index contributed by atoms with van der Waals surface area (Å²) in [4.78, 5) is 21.6. The van der Waals surface area contributed by atoms with Crippen molar-refractivity contribution in [3.05, 3.63) is 42.0 Å². The minimum atomic E-state index is 0.0150. The number of nitrogens with zero attached hydrogens (tertiary/aromatic N) is 4. The molecule has 2 aliphatic rings. The maximum Gasteiger partial charge on any atom is 0.257 e. The van der Waals surface area contributed by atoms with Crippen molar-refractivity contribution in [3.8, 4) is 11.5 Å². The molecule has 2 aromatic rings. The highest BCUT2D eigenvalue weighted by Gasteiger charge is 2.27. The normalized spacial score (nSPS) is 17.6. The summed E-state index contributed by atoms with van der Waals surface area (Å²) in [6.45, 7) is 4.24. The molecule has 1 aromatic carbocycles. The van der Waals surface area contributed by atoms with Crippen molar-refractivity contribution in [1.82, 2.24) is 19.4 Å². The summed E-state index contributed by atoms with van der Waals surface area (Å²) >= 11 is 0. The van der Waals surface area contributed by atoms with E-state index in [1.165, 1.54) is 0 Å². The van der Waals surface area contributed by atoms with E-state index in [4.69, 9.17) is 9.47 Å². The average molecular weight is 342 g/mol. The van der Waals surface area contributed by atoms with Gasteiger partial charge in [-0.15, -0.1) is 0 Å². The summed E-state index contributed by atoms with van der Waals surface area (Å²) in [5.74, 6) is 2.28. The van der Waals surface area contributed by atoms with Gasteiger partial charge in [0.1, 0.15) is 5.82 Å². The first-order valence-electron chi connectivity index (χ1n) is 8.59. The summed E-state index contributed by atoms with van der Waals surface area (Å²) in [5, 5.41) is 0. The lowest BCUT2D eigenvalue weighted by atomic mass is 10.1. The number of carbonyl (C=O) groups excluding carboxylic acids is 1. The minimum Gasteiger partial charge on any atom is -0.454 e. The summed E-state index contributed by atoms with van der Waals surface area (Å²) in [6, 6.07) is 5.48. The molecule has 1 fully saturated rings. The Kier molecular flexibility index (Phi) is 4.31. The third kappa shape index (κ3) is 3.19. The number of aromatic nitrogens is 2. The number of rotatable bonds is 3. The van der Waals surface area contributed by atoms with Crippen LogP contribution in [0.5, 0.6) is 11.5 Å². The first kappa shape index (κ1) is 16.0. The number of ether oxygens (including phenoxy) is 2. The lowest BCUT2D eigenvalue weighted by Crippen LogP contribution is -2.35. The van der Waals surface area contributed by atoms with Crippen molar-refractivity contribution in [1.29, 1.82) is 0 Å². The zero-order valence-corrected chi connectivity index (χ0v) is 14.4. The third-order valence-corrected chi connectivity index (χ3v) is 4.79. The molecule has 7 nitrogen and oxygen atoms in total. The molecule has 3 heterocycles. The maximum atomic E-state index is 12.9. The van der Waals surface area contributed by atoms with E-state index in [1.807, 2.05) is 47.1 Å². The molecule has 0 saturated carbocycles. The van der Waals surface area contributed by atoms with E-state index in [9.17, 15) is 4.79 Å². The van der Waals surface area contributed by atoms with Gasteiger partial charge in [-0.05, 0) is 18.6 Å². The molecule has 1 amide bonds. The molecule has 25 heavy (non-hydrogen) atoms. The first-order chi connectivity index (χ1) is 12.2. The predicted molar refractivity (Wildman–Crippen MR) is 91.6 cm³/mol. The number of fused-ring (bicyclic) bond motifs is 1. The number of carbonyl (C=O) groups is 1. The number of hydrogen-bond donors (Lipinski definition) is 0. The second-order valence-corrected chi connectivity index (χ2v) is 6.42. The highest BCUT2D eigenvalue weighted by molar-refractivity contribution is 5.98. The van der Waals surface area contributed by atoms with Gasteiger partial charge in [-0.1, -0.05) is 6.07 Å². The molecule has 1 saturated heterocycles. The van der Waals surface area contributed by atoms with Gasteiger partial charge in [0.15, 0.2) is 11.5 Å². The van der Waals surface area contributed by atoms with Crippen LogP contribution in [0.3, 0.4) is 0 Å². The smallest absolute Gasteiger partial charge is 0.257 e. The Bertz CT molecular complexity index is 773. The van der Waals surface area contributed by atoms with Crippen molar-refractivity contribution in [3.63, 3.8) is 0 Å². The Labute approximate surface area is 146 Å². The highest BCUT2D eigenvalue weighted by atomic mass is 16.7. The van der Waals surface area contributed by atoms with Crippen LogP contribution >= 0.6 is 0 Å². The molecular weight excluding hydrogens is 320 g/mol. The maximum absolute atomic E-state index is 12.9. The van der Waals surface area contributed by atoms with Gasteiger partial charge < -0.3 is 18.9 Å². The number of para-hydroxylation sites is 1. The van der Waals surface area contributed by atoms with Crippen LogP contribution < -0.4 is 9.47 Å². The largest absolute Gasteiger partial charge is 0.454 e.